The number of hydrogen-bond acceptors (Lipinski definition) is 1. The number of halogens is 2. The smallest absolute Gasteiger partial charge is 0.258 e. The summed E-state index contributed by atoms with van der Waals surface area (Å²) in [5, 5.41) is 3.09. The van der Waals surface area contributed by atoms with E-state index in [4.69, 9.17) is 11.6 Å². The number of amides is 1. The standard InChI is InChI=1S/C13H9ClFNO/c14-9-4-3-5-10(8-9)16-13(17)11-6-1-2-7-12(11)15/h1-8H,(H,16,17). The quantitative estimate of drug-likeness (QED) is 0.863. The summed E-state index contributed by atoms with van der Waals surface area (Å²) < 4.78 is 13.3. The second-order valence-electron chi connectivity index (χ2n) is 3.44. The van der Waals surface area contributed by atoms with Crippen LogP contribution in [0.5, 0.6) is 0 Å². The molecule has 1 amide bonds. The molecule has 0 unspecified atom stereocenters. The van der Waals surface area contributed by atoms with Crippen molar-refractivity contribution in [3.63, 3.8) is 0 Å². The van der Waals surface area contributed by atoms with E-state index in [1.807, 2.05) is 0 Å². The zero-order chi connectivity index (χ0) is 12.3. The van der Waals surface area contributed by atoms with Gasteiger partial charge in [0, 0.05) is 10.7 Å². The maximum atomic E-state index is 13.3. The monoisotopic (exact) mass is 249 g/mol. The second kappa shape index (κ2) is 4.97. The minimum Gasteiger partial charge on any atom is -0.322 e. The van der Waals surface area contributed by atoms with Gasteiger partial charge in [-0.15, -0.1) is 0 Å². The van der Waals surface area contributed by atoms with E-state index in [1.165, 1.54) is 18.2 Å². The summed E-state index contributed by atoms with van der Waals surface area (Å²) >= 11 is 5.78. The van der Waals surface area contributed by atoms with Gasteiger partial charge in [0.1, 0.15) is 5.82 Å². The molecule has 0 saturated heterocycles. The Bertz CT molecular complexity index is 557. The van der Waals surface area contributed by atoms with Gasteiger partial charge in [0.2, 0.25) is 0 Å². The van der Waals surface area contributed by atoms with Gasteiger partial charge in [-0.05, 0) is 30.3 Å². The van der Waals surface area contributed by atoms with Gasteiger partial charge in [-0.25, -0.2) is 4.39 Å². The Morgan fingerprint density at radius 1 is 1.12 bits per heavy atom. The Morgan fingerprint density at radius 3 is 2.59 bits per heavy atom. The van der Waals surface area contributed by atoms with E-state index in [0.29, 0.717) is 10.7 Å². The molecule has 0 heterocycles. The Hall–Kier alpha value is -1.87. The van der Waals surface area contributed by atoms with E-state index >= 15 is 0 Å². The molecule has 0 spiro atoms. The summed E-state index contributed by atoms with van der Waals surface area (Å²) in [5.74, 6) is -1.04. The molecule has 2 aromatic carbocycles. The van der Waals surface area contributed by atoms with E-state index in [1.54, 1.807) is 30.3 Å². The maximum absolute atomic E-state index is 13.3. The lowest BCUT2D eigenvalue weighted by atomic mass is 10.2. The van der Waals surface area contributed by atoms with Crippen LogP contribution < -0.4 is 5.32 Å². The van der Waals surface area contributed by atoms with Crippen LogP contribution >= 0.6 is 11.6 Å². The van der Waals surface area contributed by atoms with Crippen LogP contribution in [0.25, 0.3) is 0 Å². The highest BCUT2D eigenvalue weighted by atomic mass is 35.5. The first-order valence-corrected chi connectivity index (χ1v) is 5.36. The fraction of sp³-hybridized carbons (Fsp3) is 0. The minimum atomic E-state index is -0.549. The lowest BCUT2D eigenvalue weighted by Crippen LogP contribution is -2.13. The lowest BCUT2D eigenvalue weighted by molar-refractivity contribution is 0.102. The van der Waals surface area contributed by atoms with Crippen molar-refractivity contribution in [2.24, 2.45) is 0 Å². The van der Waals surface area contributed by atoms with Crippen LogP contribution in [0.4, 0.5) is 10.1 Å². The summed E-state index contributed by atoms with van der Waals surface area (Å²) in [6.45, 7) is 0. The van der Waals surface area contributed by atoms with Crippen LogP contribution in [0.1, 0.15) is 10.4 Å². The predicted molar refractivity (Wildman–Crippen MR) is 65.8 cm³/mol. The third-order valence-electron chi connectivity index (χ3n) is 2.20. The van der Waals surface area contributed by atoms with Crippen molar-refractivity contribution in [3.05, 3.63) is 64.9 Å². The number of nitrogens with one attached hydrogen (secondary N) is 1. The SMILES string of the molecule is O=C(Nc1cccc(Cl)c1)c1ccccc1F. The van der Waals surface area contributed by atoms with Crippen molar-refractivity contribution >= 4 is 23.2 Å². The Morgan fingerprint density at radius 2 is 1.88 bits per heavy atom. The van der Waals surface area contributed by atoms with Gasteiger partial charge in [0.25, 0.3) is 5.91 Å². The van der Waals surface area contributed by atoms with Crippen LogP contribution in [-0.2, 0) is 0 Å². The molecule has 2 nitrogen and oxygen atoms in total. The first-order chi connectivity index (χ1) is 8.16. The molecule has 0 radical (unpaired) electrons. The second-order valence-corrected chi connectivity index (χ2v) is 3.88. The van der Waals surface area contributed by atoms with Crippen LogP contribution in [0.3, 0.4) is 0 Å². The summed E-state index contributed by atoms with van der Waals surface area (Å²) in [7, 11) is 0. The molecule has 1 N–H and O–H groups in total. The van der Waals surface area contributed by atoms with Gasteiger partial charge in [0.05, 0.1) is 5.56 Å². The van der Waals surface area contributed by atoms with Crippen LogP contribution in [0, 0.1) is 5.82 Å². The molecule has 0 atom stereocenters. The Labute approximate surface area is 103 Å². The van der Waals surface area contributed by atoms with Crippen LogP contribution in [0.15, 0.2) is 48.5 Å². The van der Waals surface area contributed by atoms with Crippen molar-refractivity contribution in [1.29, 1.82) is 0 Å². The average molecular weight is 250 g/mol. The van der Waals surface area contributed by atoms with E-state index in [-0.39, 0.29) is 5.56 Å². The van der Waals surface area contributed by atoms with E-state index in [2.05, 4.69) is 5.32 Å². The van der Waals surface area contributed by atoms with E-state index in [0.717, 1.165) is 0 Å². The molecule has 2 aromatic rings. The first-order valence-electron chi connectivity index (χ1n) is 4.98. The zero-order valence-corrected chi connectivity index (χ0v) is 9.54. The van der Waals surface area contributed by atoms with Gasteiger partial charge in [-0.3, -0.25) is 4.79 Å². The summed E-state index contributed by atoms with van der Waals surface area (Å²) in [5.41, 5.74) is 0.540. The van der Waals surface area contributed by atoms with Gasteiger partial charge in [-0.1, -0.05) is 29.8 Å². The topological polar surface area (TPSA) is 29.1 Å². The highest BCUT2D eigenvalue weighted by molar-refractivity contribution is 6.30. The summed E-state index contributed by atoms with van der Waals surface area (Å²) in [4.78, 5) is 11.8. The molecule has 0 fully saturated rings. The van der Waals surface area contributed by atoms with Gasteiger partial charge >= 0.3 is 0 Å². The first kappa shape index (κ1) is 11.6. The number of hydrogen-bond donors (Lipinski definition) is 1. The molecule has 0 aliphatic heterocycles. The molecule has 0 aliphatic carbocycles. The number of benzene rings is 2. The highest BCUT2D eigenvalue weighted by Gasteiger charge is 2.10. The molecular formula is C13H9ClFNO. The molecule has 0 aliphatic rings. The van der Waals surface area contributed by atoms with Crippen molar-refractivity contribution < 1.29 is 9.18 Å². The van der Waals surface area contributed by atoms with Gasteiger partial charge < -0.3 is 5.32 Å². The number of rotatable bonds is 2. The molecule has 4 heteroatoms. The molecule has 0 bridgehead atoms. The molecular weight excluding hydrogens is 241 g/mol. The normalized spacial score (nSPS) is 10.0. The third kappa shape index (κ3) is 2.82. The number of carbonyl (C=O) groups excluding carboxylic acids is 1. The average Bonchev–Trinajstić information content (AvgIpc) is 2.29. The van der Waals surface area contributed by atoms with Gasteiger partial charge in [-0.2, -0.15) is 0 Å². The van der Waals surface area contributed by atoms with E-state index < -0.39 is 11.7 Å². The van der Waals surface area contributed by atoms with Crippen molar-refractivity contribution in [3.8, 4) is 0 Å². The summed E-state index contributed by atoms with van der Waals surface area (Å²) in [6.07, 6.45) is 0. The van der Waals surface area contributed by atoms with Crippen molar-refractivity contribution in [1.82, 2.24) is 0 Å². The third-order valence-corrected chi connectivity index (χ3v) is 2.44. The highest BCUT2D eigenvalue weighted by Crippen LogP contribution is 2.16. The fourth-order valence-corrected chi connectivity index (χ4v) is 1.60. The Kier molecular flexibility index (Phi) is 3.40. The lowest BCUT2D eigenvalue weighted by Gasteiger charge is -2.06. The van der Waals surface area contributed by atoms with Crippen molar-refractivity contribution in [2.45, 2.75) is 0 Å². The van der Waals surface area contributed by atoms with E-state index in [9.17, 15) is 9.18 Å². The fourth-order valence-electron chi connectivity index (χ4n) is 1.41. The maximum Gasteiger partial charge on any atom is 0.258 e. The molecule has 0 aromatic heterocycles. The largest absolute Gasteiger partial charge is 0.322 e. The van der Waals surface area contributed by atoms with Crippen LogP contribution in [-0.4, -0.2) is 5.91 Å². The van der Waals surface area contributed by atoms with Gasteiger partial charge in [0.15, 0.2) is 0 Å². The Balaban J connectivity index is 2.20. The number of carbonyl (C=O) groups is 1. The number of anilines is 1. The molecule has 17 heavy (non-hydrogen) atoms. The van der Waals surface area contributed by atoms with Crippen LogP contribution in [0.2, 0.25) is 5.02 Å². The minimum absolute atomic E-state index is 0.00692. The molecule has 86 valence electrons. The molecule has 0 saturated carbocycles. The van der Waals surface area contributed by atoms with Crippen molar-refractivity contribution in [2.75, 3.05) is 5.32 Å². The summed E-state index contributed by atoms with van der Waals surface area (Å²) in [6, 6.07) is 12.5. The zero-order valence-electron chi connectivity index (χ0n) is 8.78. The molecule has 2 rings (SSSR count). The predicted octanol–water partition coefficient (Wildman–Crippen LogP) is 3.73.